The van der Waals surface area contributed by atoms with Gasteiger partial charge in [-0.25, -0.2) is 0 Å². The Morgan fingerprint density at radius 2 is 0.913 bits per heavy atom. The van der Waals surface area contributed by atoms with Gasteiger partial charge in [0.15, 0.2) is 0 Å². The Morgan fingerprint density at radius 1 is 0.696 bits per heavy atom. The van der Waals surface area contributed by atoms with E-state index in [9.17, 15) is 19.8 Å². The number of carbonyl (C=O) groups excluding carboxylic acids is 2. The first-order chi connectivity index (χ1) is 10.3. The number of carboxylic acids is 2. The molecule has 0 heterocycles. The van der Waals surface area contributed by atoms with Crippen molar-refractivity contribution in [3.63, 3.8) is 0 Å². The number of carboxylic acid groups (broad SMARTS) is 2. The molecule has 23 heavy (non-hydrogen) atoms. The Labute approximate surface area is 146 Å². The van der Waals surface area contributed by atoms with Crippen LogP contribution in [0.5, 0.6) is 0 Å². The Morgan fingerprint density at radius 3 is 1.04 bits per heavy atom. The van der Waals surface area contributed by atoms with Crippen molar-refractivity contribution in [1.29, 1.82) is 0 Å². The standard InChI is InChI=1S/2C7H6O2.H3O3P.Zn/c2*8-7(9)6-4-2-1-3-5-6;1-4(2)3;/h2*1-5H,(H,8,9);1-3H;/q;;;+2/p-2. The SMILES string of the molecule is O=C([O-])c1ccccc1.O=C([O-])c1ccccc1.OP(O)O.[Zn+2]. The Balaban J connectivity index is 0. The van der Waals surface area contributed by atoms with Gasteiger partial charge in [-0.3, -0.25) is 0 Å². The fraction of sp³-hybridized carbons (Fsp3) is 0. The average Bonchev–Trinajstić information content (AvgIpc) is 2.49. The monoisotopic (exact) mass is 388 g/mol. The summed E-state index contributed by atoms with van der Waals surface area (Å²) in [5.41, 5.74) is 0.440. The Hall–Kier alpha value is -1.69. The molecule has 0 unspecified atom stereocenters. The minimum Gasteiger partial charge on any atom is -0.545 e. The van der Waals surface area contributed by atoms with Crippen molar-refractivity contribution >= 4 is 20.5 Å². The molecule has 2 aromatic rings. The average molecular weight is 390 g/mol. The maximum Gasteiger partial charge on any atom is 2.00 e. The molecule has 118 valence electrons. The van der Waals surface area contributed by atoms with Gasteiger partial charge in [0.25, 0.3) is 0 Å². The van der Waals surface area contributed by atoms with Gasteiger partial charge in [0.05, 0.1) is 11.9 Å². The van der Waals surface area contributed by atoms with Gasteiger partial charge in [0, 0.05) is 0 Å². The maximum absolute atomic E-state index is 10.1. The van der Waals surface area contributed by atoms with Gasteiger partial charge in [0.2, 0.25) is 0 Å². The van der Waals surface area contributed by atoms with Gasteiger partial charge >= 0.3 is 28.1 Å². The fourth-order valence-electron chi connectivity index (χ4n) is 1.15. The first-order valence-electron chi connectivity index (χ1n) is 5.74. The number of rotatable bonds is 2. The number of aromatic carboxylic acids is 2. The molecule has 0 spiro atoms. The van der Waals surface area contributed by atoms with Crippen LogP contribution in [0.3, 0.4) is 0 Å². The van der Waals surface area contributed by atoms with Gasteiger partial charge in [-0.15, -0.1) is 0 Å². The summed E-state index contributed by atoms with van der Waals surface area (Å²) >= 11 is 0. The molecule has 0 aromatic heterocycles. The van der Waals surface area contributed by atoms with Gasteiger partial charge < -0.3 is 34.5 Å². The van der Waals surface area contributed by atoms with E-state index in [2.05, 4.69) is 0 Å². The molecule has 7 nitrogen and oxygen atoms in total. The van der Waals surface area contributed by atoms with E-state index >= 15 is 0 Å². The summed E-state index contributed by atoms with van der Waals surface area (Å²) in [4.78, 5) is 41.9. The van der Waals surface area contributed by atoms with Gasteiger partial charge in [-0.1, -0.05) is 60.7 Å². The first kappa shape index (κ1) is 23.6. The zero-order valence-corrected chi connectivity index (χ0v) is 15.8. The zero-order valence-electron chi connectivity index (χ0n) is 11.9. The largest absolute Gasteiger partial charge is 2.00 e. The number of carbonyl (C=O) groups is 2. The molecule has 0 fully saturated rings. The Bertz CT molecular complexity index is 512. The molecule has 9 heteroatoms. The van der Waals surface area contributed by atoms with Crippen molar-refractivity contribution in [1.82, 2.24) is 0 Å². The van der Waals surface area contributed by atoms with E-state index in [1.54, 1.807) is 36.4 Å². The molecular formula is C14H13O7PZn. The third kappa shape index (κ3) is 13.7. The van der Waals surface area contributed by atoms with Crippen molar-refractivity contribution < 1.29 is 54.0 Å². The predicted molar refractivity (Wildman–Crippen MR) is 75.1 cm³/mol. The van der Waals surface area contributed by atoms with Gasteiger partial charge in [0.1, 0.15) is 0 Å². The van der Waals surface area contributed by atoms with E-state index in [1.807, 2.05) is 0 Å². The summed E-state index contributed by atoms with van der Waals surface area (Å²) < 4.78 is 0. The van der Waals surface area contributed by atoms with Crippen LogP contribution in [0.2, 0.25) is 0 Å². The third-order valence-corrected chi connectivity index (χ3v) is 2.02. The number of benzene rings is 2. The smallest absolute Gasteiger partial charge is 0.545 e. The second kappa shape index (κ2) is 13.9. The molecule has 3 N–H and O–H groups in total. The first-order valence-corrected chi connectivity index (χ1v) is 6.94. The molecule has 0 saturated carbocycles. The third-order valence-electron chi connectivity index (χ3n) is 2.02. The van der Waals surface area contributed by atoms with E-state index in [4.69, 9.17) is 14.7 Å². The van der Waals surface area contributed by atoms with Crippen LogP contribution in [0.15, 0.2) is 60.7 Å². The predicted octanol–water partition coefficient (Wildman–Crippen LogP) is -0.712. The van der Waals surface area contributed by atoms with Crippen LogP contribution in [0.4, 0.5) is 0 Å². The van der Waals surface area contributed by atoms with Crippen molar-refractivity contribution in [2.24, 2.45) is 0 Å². The van der Waals surface area contributed by atoms with E-state index in [1.165, 1.54) is 24.3 Å². The molecule has 0 bridgehead atoms. The minimum atomic E-state index is -2.62. The molecule has 0 amide bonds. The second-order valence-electron chi connectivity index (χ2n) is 3.58. The molecule has 0 saturated heterocycles. The minimum absolute atomic E-state index is 0. The van der Waals surface area contributed by atoms with Crippen LogP contribution in [0, 0.1) is 0 Å². The van der Waals surface area contributed by atoms with Crippen molar-refractivity contribution in [2.75, 3.05) is 0 Å². The van der Waals surface area contributed by atoms with E-state index in [0.29, 0.717) is 0 Å². The van der Waals surface area contributed by atoms with Crippen LogP contribution < -0.4 is 10.2 Å². The summed E-state index contributed by atoms with van der Waals surface area (Å²) in [5, 5.41) is 20.2. The molecule has 0 aliphatic rings. The van der Waals surface area contributed by atoms with Crippen LogP contribution in [0.25, 0.3) is 0 Å². The summed E-state index contributed by atoms with van der Waals surface area (Å²) in [5.74, 6) is -2.26. The quantitative estimate of drug-likeness (QED) is 0.455. The summed E-state index contributed by atoms with van der Waals surface area (Å²) in [6.45, 7) is 0. The van der Waals surface area contributed by atoms with Crippen LogP contribution in [0.1, 0.15) is 20.7 Å². The van der Waals surface area contributed by atoms with E-state index < -0.39 is 20.5 Å². The number of hydrogen-bond donors (Lipinski definition) is 3. The molecule has 2 aromatic carbocycles. The fourth-order valence-corrected chi connectivity index (χ4v) is 1.15. The van der Waals surface area contributed by atoms with Crippen LogP contribution in [-0.2, 0) is 19.5 Å². The number of hydrogen-bond acceptors (Lipinski definition) is 7. The van der Waals surface area contributed by atoms with E-state index in [-0.39, 0.29) is 30.6 Å². The van der Waals surface area contributed by atoms with Crippen LogP contribution >= 0.6 is 8.60 Å². The topological polar surface area (TPSA) is 141 Å². The summed E-state index contributed by atoms with van der Waals surface area (Å²) in [6.07, 6.45) is 0. The summed E-state index contributed by atoms with van der Waals surface area (Å²) in [6, 6.07) is 16.1. The van der Waals surface area contributed by atoms with Crippen molar-refractivity contribution in [3.05, 3.63) is 71.8 Å². The zero-order chi connectivity index (χ0) is 17.0. The summed E-state index contributed by atoms with van der Waals surface area (Å²) in [7, 11) is -2.62. The maximum atomic E-state index is 10.1. The van der Waals surface area contributed by atoms with Crippen molar-refractivity contribution in [2.45, 2.75) is 0 Å². The Kier molecular flexibility index (Phi) is 14.3. The normalized spacial score (nSPS) is 8.52. The second-order valence-corrected chi connectivity index (χ2v) is 4.11. The van der Waals surface area contributed by atoms with Gasteiger partial charge in [-0.2, -0.15) is 0 Å². The molecule has 0 aliphatic carbocycles. The molecular weight excluding hydrogens is 377 g/mol. The molecule has 2 rings (SSSR count). The van der Waals surface area contributed by atoms with E-state index in [0.717, 1.165) is 0 Å². The van der Waals surface area contributed by atoms with Crippen molar-refractivity contribution in [3.8, 4) is 0 Å². The molecule has 0 radical (unpaired) electrons. The molecule has 0 aliphatic heterocycles. The van der Waals surface area contributed by atoms with Crippen LogP contribution in [-0.4, -0.2) is 26.6 Å². The molecule has 0 atom stereocenters. The van der Waals surface area contributed by atoms with Gasteiger partial charge in [-0.05, 0) is 11.1 Å².